The normalized spacial score (nSPS) is 32.0. The minimum Gasteiger partial charge on any atom is -0.352 e. The Labute approximate surface area is 120 Å². The predicted octanol–water partition coefficient (Wildman–Crippen LogP) is 0.422. The van der Waals surface area contributed by atoms with Crippen molar-refractivity contribution < 1.29 is 9.59 Å². The molecule has 2 rings (SSSR count). The van der Waals surface area contributed by atoms with E-state index < -0.39 is 0 Å². The molecule has 4 atom stereocenters. The van der Waals surface area contributed by atoms with Crippen LogP contribution in [0.1, 0.15) is 33.1 Å². The Morgan fingerprint density at radius 1 is 1.26 bits per heavy atom. The second kappa shape index (κ2) is 6.57. The lowest BCUT2D eigenvalue weighted by Crippen LogP contribution is -2.48. The molecule has 0 radical (unpaired) electrons. The minimum absolute atomic E-state index is 0. The van der Waals surface area contributed by atoms with Crippen LogP contribution in [-0.2, 0) is 9.59 Å². The topological polar surface area (TPSA) is 84.2 Å². The van der Waals surface area contributed by atoms with E-state index in [4.69, 9.17) is 5.73 Å². The van der Waals surface area contributed by atoms with Crippen LogP contribution in [0.3, 0.4) is 0 Å². The third kappa shape index (κ3) is 3.60. The number of hydrogen-bond donors (Lipinski definition) is 3. The molecule has 2 saturated carbocycles. The summed E-state index contributed by atoms with van der Waals surface area (Å²) in [6, 6.07) is 0.0797. The van der Waals surface area contributed by atoms with Gasteiger partial charge < -0.3 is 16.4 Å². The quantitative estimate of drug-likeness (QED) is 0.701. The van der Waals surface area contributed by atoms with Crippen LogP contribution in [0.5, 0.6) is 0 Å². The molecule has 4 N–H and O–H groups in total. The van der Waals surface area contributed by atoms with Crippen molar-refractivity contribution in [3.8, 4) is 0 Å². The van der Waals surface area contributed by atoms with Crippen molar-refractivity contribution in [1.82, 2.24) is 10.6 Å². The van der Waals surface area contributed by atoms with Gasteiger partial charge in [-0.05, 0) is 44.9 Å². The zero-order valence-electron chi connectivity index (χ0n) is 11.5. The van der Waals surface area contributed by atoms with E-state index >= 15 is 0 Å². The predicted molar refractivity (Wildman–Crippen MR) is 75.8 cm³/mol. The molecule has 0 saturated heterocycles. The molecule has 2 fully saturated rings. The molecule has 19 heavy (non-hydrogen) atoms. The van der Waals surface area contributed by atoms with Crippen LogP contribution in [0, 0.1) is 17.8 Å². The van der Waals surface area contributed by atoms with Crippen LogP contribution in [-0.4, -0.2) is 30.4 Å². The number of nitrogens with two attached hydrogens (primary N) is 1. The van der Waals surface area contributed by atoms with Crippen molar-refractivity contribution in [3.63, 3.8) is 0 Å². The molecule has 0 aromatic carbocycles. The number of fused-ring (bicyclic) bond motifs is 2. The first-order chi connectivity index (χ1) is 8.49. The Hall–Kier alpha value is -0.810. The van der Waals surface area contributed by atoms with Crippen LogP contribution in [0.15, 0.2) is 0 Å². The van der Waals surface area contributed by atoms with Gasteiger partial charge in [0.2, 0.25) is 11.8 Å². The van der Waals surface area contributed by atoms with E-state index in [1.807, 2.05) is 13.8 Å². The summed E-state index contributed by atoms with van der Waals surface area (Å²) in [7, 11) is 0. The van der Waals surface area contributed by atoms with Gasteiger partial charge in [-0.3, -0.25) is 9.59 Å². The number of hydrogen-bond acceptors (Lipinski definition) is 3. The highest BCUT2D eigenvalue weighted by atomic mass is 35.5. The van der Waals surface area contributed by atoms with E-state index in [0.717, 1.165) is 19.3 Å². The molecule has 110 valence electrons. The fourth-order valence-electron chi connectivity index (χ4n) is 3.38. The highest BCUT2D eigenvalue weighted by molar-refractivity contribution is 5.86. The molecule has 0 spiro atoms. The number of carbonyl (C=O) groups is 2. The third-order valence-electron chi connectivity index (χ3n) is 4.16. The number of nitrogens with one attached hydrogen (secondary N) is 2. The molecular formula is C13H24ClN3O2. The van der Waals surface area contributed by atoms with Gasteiger partial charge in [-0.1, -0.05) is 0 Å². The summed E-state index contributed by atoms with van der Waals surface area (Å²) in [6.07, 6.45) is 3.34. The second-order valence-corrected chi connectivity index (χ2v) is 5.88. The first kappa shape index (κ1) is 16.2. The highest BCUT2D eigenvalue weighted by Crippen LogP contribution is 2.47. The van der Waals surface area contributed by atoms with Gasteiger partial charge in [0.1, 0.15) is 0 Å². The largest absolute Gasteiger partial charge is 0.352 e. The lowest BCUT2D eigenvalue weighted by molar-refractivity contribution is -0.130. The van der Waals surface area contributed by atoms with E-state index in [0.29, 0.717) is 11.8 Å². The van der Waals surface area contributed by atoms with Gasteiger partial charge in [0.05, 0.1) is 12.5 Å². The van der Waals surface area contributed by atoms with Crippen molar-refractivity contribution >= 4 is 24.2 Å². The Balaban J connectivity index is 0.00000180. The van der Waals surface area contributed by atoms with E-state index in [9.17, 15) is 9.59 Å². The Morgan fingerprint density at radius 2 is 1.89 bits per heavy atom. The second-order valence-electron chi connectivity index (χ2n) is 5.88. The molecule has 2 aliphatic carbocycles. The van der Waals surface area contributed by atoms with Gasteiger partial charge in [0.15, 0.2) is 0 Å². The summed E-state index contributed by atoms with van der Waals surface area (Å²) >= 11 is 0. The van der Waals surface area contributed by atoms with Crippen LogP contribution < -0.4 is 16.4 Å². The van der Waals surface area contributed by atoms with Crippen molar-refractivity contribution in [2.75, 3.05) is 6.54 Å². The molecule has 5 nitrogen and oxygen atoms in total. The van der Waals surface area contributed by atoms with Crippen molar-refractivity contribution in [2.45, 2.75) is 45.2 Å². The molecule has 4 unspecified atom stereocenters. The fraction of sp³-hybridized carbons (Fsp3) is 0.846. The van der Waals surface area contributed by atoms with Crippen molar-refractivity contribution in [3.05, 3.63) is 0 Å². The molecule has 6 heteroatoms. The molecule has 0 aromatic rings. The highest BCUT2D eigenvalue weighted by Gasteiger charge is 2.48. The maximum Gasteiger partial charge on any atom is 0.239 e. The summed E-state index contributed by atoms with van der Waals surface area (Å²) in [5.41, 5.74) is 6.09. The van der Waals surface area contributed by atoms with Gasteiger partial charge >= 0.3 is 0 Å². The van der Waals surface area contributed by atoms with Crippen molar-refractivity contribution in [1.29, 1.82) is 0 Å². The van der Waals surface area contributed by atoms with Crippen LogP contribution in [0.2, 0.25) is 0 Å². The van der Waals surface area contributed by atoms with Crippen LogP contribution >= 0.6 is 12.4 Å². The Kier molecular flexibility index (Phi) is 5.62. The summed E-state index contributed by atoms with van der Waals surface area (Å²) < 4.78 is 0. The molecule has 0 aromatic heterocycles. The van der Waals surface area contributed by atoms with Gasteiger partial charge in [-0.15, -0.1) is 12.4 Å². The Morgan fingerprint density at radius 3 is 2.42 bits per heavy atom. The number of amides is 2. The van der Waals surface area contributed by atoms with Gasteiger partial charge in [0.25, 0.3) is 0 Å². The molecule has 0 heterocycles. The first-order valence-electron chi connectivity index (χ1n) is 6.81. The summed E-state index contributed by atoms with van der Waals surface area (Å²) in [5, 5.41) is 5.46. The van der Waals surface area contributed by atoms with Gasteiger partial charge in [-0.2, -0.15) is 0 Å². The average Bonchev–Trinajstić information content (AvgIpc) is 2.85. The Bertz CT molecular complexity index is 347. The van der Waals surface area contributed by atoms with Crippen molar-refractivity contribution in [2.24, 2.45) is 23.5 Å². The lowest BCUT2D eigenvalue weighted by atomic mass is 9.84. The molecule has 2 amide bonds. The number of carbonyl (C=O) groups excluding carboxylic acids is 2. The SMILES string of the molecule is CC(C)NC(=O)CNC(=O)C1C2CCC(C2)C1N.Cl. The smallest absolute Gasteiger partial charge is 0.239 e. The lowest BCUT2D eigenvalue weighted by Gasteiger charge is -2.26. The third-order valence-corrected chi connectivity index (χ3v) is 4.16. The van der Waals surface area contributed by atoms with Gasteiger partial charge in [-0.25, -0.2) is 0 Å². The zero-order valence-corrected chi connectivity index (χ0v) is 12.3. The number of rotatable bonds is 4. The zero-order chi connectivity index (χ0) is 13.3. The maximum atomic E-state index is 12.1. The fourth-order valence-corrected chi connectivity index (χ4v) is 3.38. The number of halogens is 1. The standard InChI is InChI=1S/C13H23N3O2.ClH/c1-7(2)16-10(17)6-15-13(18)11-8-3-4-9(5-8)12(11)14;/h7-9,11-12H,3-6,14H2,1-2H3,(H,15,18)(H,16,17);1H. The summed E-state index contributed by atoms with van der Waals surface area (Å²) in [5.74, 6) is 0.660. The van der Waals surface area contributed by atoms with E-state index in [-0.39, 0.29) is 48.8 Å². The molecule has 0 aliphatic heterocycles. The molecular weight excluding hydrogens is 266 g/mol. The van der Waals surface area contributed by atoms with E-state index in [2.05, 4.69) is 10.6 Å². The first-order valence-corrected chi connectivity index (χ1v) is 6.81. The van der Waals surface area contributed by atoms with Crippen LogP contribution in [0.25, 0.3) is 0 Å². The minimum atomic E-state index is -0.143. The average molecular weight is 290 g/mol. The molecule has 2 aliphatic rings. The van der Waals surface area contributed by atoms with Gasteiger partial charge in [0, 0.05) is 12.1 Å². The summed E-state index contributed by atoms with van der Waals surface area (Å²) in [4.78, 5) is 23.5. The maximum absolute atomic E-state index is 12.1. The van der Waals surface area contributed by atoms with E-state index in [1.54, 1.807) is 0 Å². The van der Waals surface area contributed by atoms with Crippen LogP contribution in [0.4, 0.5) is 0 Å². The molecule has 2 bridgehead atoms. The van der Waals surface area contributed by atoms with E-state index in [1.165, 1.54) is 0 Å². The monoisotopic (exact) mass is 289 g/mol. The summed E-state index contributed by atoms with van der Waals surface area (Å²) in [6.45, 7) is 3.84.